The molecular weight excluding hydrogens is 292 g/mol. The molecule has 0 saturated heterocycles. The Morgan fingerprint density at radius 3 is 2.75 bits per heavy atom. The summed E-state index contributed by atoms with van der Waals surface area (Å²) in [6.07, 6.45) is 1.69. The normalized spacial score (nSPS) is 11.8. The molecule has 0 spiro atoms. The number of aromatic nitrogens is 1. The molecule has 4 nitrogen and oxygen atoms in total. The quantitative estimate of drug-likeness (QED) is 0.806. The van der Waals surface area contributed by atoms with Gasteiger partial charge >= 0.3 is 0 Å². The number of sulfonamides is 1. The number of pyridine rings is 1. The van der Waals surface area contributed by atoms with Gasteiger partial charge in [0.25, 0.3) is 0 Å². The molecular formula is C14H12N2O2S2. The van der Waals surface area contributed by atoms with Gasteiger partial charge in [-0.15, -0.1) is 11.3 Å². The highest BCUT2D eigenvalue weighted by Crippen LogP contribution is 2.18. The molecule has 0 fully saturated rings. The summed E-state index contributed by atoms with van der Waals surface area (Å²) >= 11 is 1.21. The second kappa shape index (κ2) is 5.32. The Balaban J connectivity index is 1.88. The van der Waals surface area contributed by atoms with Gasteiger partial charge in [0.2, 0.25) is 10.0 Å². The Morgan fingerprint density at radius 2 is 1.95 bits per heavy atom. The van der Waals surface area contributed by atoms with Gasteiger partial charge in [-0.3, -0.25) is 4.98 Å². The van der Waals surface area contributed by atoms with E-state index in [0.717, 1.165) is 16.5 Å². The van der Waals surface area contributed by atoms with Gasteiger partial charge in [0.1, 0.15) is 4.21 Å². The van der Waals surface area contributed by atoms with Crippen molar-refractivity contribution in [2.24, 2.45) is 0 Å². The summed E-state index contributed by atoms with van der Waals surface area (Å²) in [7, 11) is -3.44. The molecule has 102 valence electrons. The van der Waals surface area contributed by atoms with Crippen molar-refractivity contribution in [1.82, 2.24) is 9.71 Å². The maximum absolute atomic E-state index is 12.1. The lowest BCUT2D eigenvalue weighted by molar-refractivity contribution is 0.583. The first kappa shape index (κ1) is 13.2. The minimum Gasteiger partial charge on any atom is -0.256 e. The molecule has 0 aliphatic rings. The molecule has 20 heavy (non-hydrogen) atoms. The first-order valence-corrected chi connectivity index (χ1v) is 8.39. The van der Waals surface area contributed by atoms with Crippen LogP contribution in [0.25, 0.3) is 10.9 Å². The van der Waals surface area contributed by atoms with Gasteiger partial charge in [-0.2, -0.15) is 0 Å². The maximum atomic E-state index is 12.1. The Morgan fingerprint density at radius 1 is 1.10 bits per heavy atom. The van der Waals surface area contributed by atoms with Crippen LogP contribution in [-0.4, -0.2) is 13.4 Å². The predicted octanol–water partition coefficient (Wildman–Crippen LogP) is 2.77. The van der Waals surface area contributed by atoms with Gasteiger partial charge in [-0.1, -0.05) is 24.3 Å². The summed E-state index contributed by atoms with van der Waals surface area (Å²) < 4.78 is 27.1. The molecule has 1 aromatic carbocycles. The number of hydrogen-bond donors (Lipinski definition) is 1. The third-order valence-corrected chi connectivity index (χ3v) is 5.75. The van der Waals surface area contributed by atoms with E-state index in [2.05, 4.69) is 9.71 Å². The fraction of sp³-hybridized carbons (Fsp3) is 0.0714. The topological polar surface area (TPSA) is 59.1 Å². The zero-order valence-corrected chi connectivity index (χ0v) is 12.1. The Kier molecular flexibility index (Phi) is 3.52. The summed E-state index contributed by atoms with van der Waals surface area (Å²) in [5.41, 5.74) is 1.77. The molecule has 1 N–H and O–H groups in total. The van der Waals surface area contributed by atoms with Crippen LogP contribution in [-0.2, 0) is 16.6 Å². The average molecular weight is 304 g/mol. The Hall–Kier alpha value is -1.76. The van der Waals surface area contributed by atoms with E-state index in [4.69, 9.17) is 0 Å². The van der Waals surface area contributed by atoms with Crippen LogP contribution in [0.1, 0.15) is 5.56 Å². The number of fused-ring (bicyclic) bond motifs is 1. The van der Waals surface area contributed by atoms with E-state index in [1.54, 1.807) is 23.7 Å². The first-order valence-electron chi connectivity index (χ1n) is 6.03. The summed E-state index contributed by atoms with van der Waals surface area (Å²) in [6.45, 7) is 0.253. The Bertz CT molecular complexity index is 822. The van der Waals surface area contributed by atoms with Crippen molar-refractivity contribution >= 4 is 32.3 Å². The van der Waals surface area contributed by atoms with Gasteiger partial charge < -0.3 is 0 Å². The van der Waals surface area contributed by atoms with E-state index in [-0.39, 0.29) is 6.54 Å². The maximum Gasteiger partial charge on any atom is 0.250 e. The minimum atomic E-state index is -3.44. The predicted molar refractivity (Wildman–Crippen MR) is 80.1 cm³/mol. The van der Waals surface area contributed by atoms with Crippen molar-refractivity contribution in [3.63, 3.8) is 0 Å². The second-order valence-electron chi connectivity index (χ2n) is 4.24. The van der Waals surface area contributed by atoms with Gasteiger partial charge in [-0.05, 0) is 29.1 Å². The third kappa shape index (κ3) is 2.58. The number of nitrogens with zero attached hydrogens (tertiary/aromatic N) is 1. The third-order valence-electron chi connectivity index (χ3n) is 2.95. The van der Waals surface area contributed by atoms with E-state index in [0.29, 0.717) is 4.21 Å². The van der Waals surface area contributed by atoms with Crippen LogP contribution in [0.15, 0.2) is 58.3 Å². The molecule has 2 aromatic heterocycles. The highest BCUT2D eigenvalue weighted by Gasteiger charge is 2.15. The molecule has 0 saturated carbocycles. The summed E-state index contributed by atoms with van der Waals surface area (Å²) in [4.78, 5) is 4.26. The molecule has 6 heteroatoms. The van der Waals surface area contributed by atoms with Gasteiger partial charge in [0.05, 0.1) is 5.52 Å². The standard InChI is InChI=1S/C14H12N2O2S2/c17-20(18,14-6-3-9-19-14)16-10-11-7-8-15-13-5-2-1-4-12(11)13/h1-9,16H,10H2. The van der Waals surface area contributed by atoms with E-state index in [1.165, 1.54) is 11.3 Å². The lowest BCUT2D eigenvalue weighted by Gasteiger charge is -2.07. The number of benzene rings is 1. The average Bonchev–Trinajstić information content (AvgIpc) is 3.00. The number of nitrogens with one attached hydrogen (secondary N) is 1. The zero-order valence-electron chi connectivity index (χ0n) is 10.5. The number of para-hydroxylation sites is 1. The molecule has 0 aliphatic carbocycles. The van der Waals surface area contributed by atoms with Crippen LogP contribution in [0.2, 0.25) is 0 Å². The molecule has 0 atom stereocenters. The van der Waals surface area contributed by atoms with Crippen LogP contribution in [0.5, 0.6) is 0 Å². The number of thiophene rings is 1. The lowest BCUT2D eigenvalue weighted by atomic mass is 10.1. The van der Waals surface area contributed by atoms with Crippen LogP contribution in [0.4, 0.5) is 0 Å². The fourth-order valence-electron chi connectivity index (χ4n) is 1.97. The van der Waals surface area contributed by atoms with Crippen molar-refractivity contribution in [2.75, 3.05) is 0 Å². The van der Waals surface area contributed by atoms with Crippen LogP contribution >= 0.6 is 11.3 Å². The van der Waals surface area contributed by atoms with Gasteiger partial charge in [0, 0.05) is 18.1 Å². The summed E-state index contributed by atoms with van der Waals surface area (Å²) in [6, 6.07) is 12.8. The number of rotatable bonds is 4. The largest absolute Gasteiger partial charge is 0.256 e. The molecule has 3 rings (SSSR count). The summed E-state index contributed by atoms with van der Waals surface area (Å²) in [5, 5.41) is 2.71. The minimum absolute atomic E-state index is 0.253. The molecule has 0 radical (unpaired) electrons. The monoisotopic (exact) mass is 304 g/mol. The highest BCUT2D eigenvalue weighted by molar-refractivity contribution is 7.91. The molecule has 3 aromatic rings. The highest BCUT2D eigenvalue weighted by atomic mass is 32.2. The van der Waals surface area contributed by atoms with Gasteiger partial charge in [-0.25, -0.2) is 13.1 Å². The molecule has 0 aliphatic heterocycles. The molecule has 0 amide bonds. The van der Waals surface area contributed by atoms with Gasteiger partial charge in [0.15, 0.2) is 0 Å². The van der Waals surface area contributed by atoms with E-state index >= 15 is 0 Å². The Labute approximate surface area is 121 Å². The van der Waals surface area contributed by atoms with Crippen molar-refractivity contribution < 1.29 is 8.42 Å². The fourth-order valence-corrected chi connectivity index (χ4v) is 4.01. The first-order chi connectivity index (χ1) is 9.67. The van der Waals surface area contributed by atoms with Crippen molar-refractivity contribution in [3.8, 4) is 0 Å². The second-order valence-corrected chi connectivity index (χ2v) is 7.19. The molecule has 0 unspecified atom stereocenters. The van der Waals surface area contributed by atoms with E-state index in [1.807, 2.05) is 30.3 Å². The van der Waals surface area contributed by atoms with Crippen molar-refractivity contribution in [3.05, 3.63) is 59.6 Å². The van der Waals surface area contributed by atoms with Crippen molar-refractivity contribution in [1.29, 1.82) is 0 Å². The van der Waals surface area contributed by atoms with Crippen molar-refractivity contribution in [2.45, 2.75) is 10.8 Å². The zero-order chi connectivity index (χ0) is 14.0. The SMILES string of the molecule is O=S(=O)(NCc1ccnc2ccccc12)c1cccs1. The summed E-state index contributed by atoms with van der Waals surface area (Å²) in [5.74, 6) is 0. The van der Waals surface area contributed by atoms with E-state index in [9.17, 15) is 8.42 Å². The van der Waals surface area contributed by atoms with Crippen LogP contribution < -0.4 is 4.72 Å². The van der Waals surface area contributed by atoms with E-state index < -0.39 is 10.0 Å². The molecule has 0 bridgehead atoms. The smallest absolute Gasteiger partial charge is 0.250 e. The van der Waals surface area contributed by atoms with Crippen LogP contribution in [0.3, 0.4) is 0 Å². The number of hydrogen-bond acceptors (Lipinski definition) is 4. The lowest BCUT2D eigenvalue weighted by Crippen LogP contribution is -2.22. The van der Waals surface area contributed by atoms with Crippen LogP contribution in [0, 0.1) is 0 Å². The molecule has 2 heterocycles.